The third kappa shape index (κ3) is 6.59. The third-order valence-electron chi connectivity index (χ3n) is 3.46. The lowest BCUT2D eigenvalue weighted by Crippen LogP contribution is -2.41. The molecule has 2 rings (SSSR count). The zero-order valence-corrected chi connectivity index (χ0v) is 14.7. The average Bonchev–Trinajstić information content (AvgIpc) is 2.46. The standard InChI is InChI=1S/C15H21FN4O.HI/c16-11-5-4-8-13(9-11)19-14(21)10-18-15(17)20-12-6-2-1-3-7-12;/h4-5,8-9,12H,1-3,6-7,10H2,(H,19,21)(H3,17,18,20);1H. The van der Waals surface area contributed by atoms with Gasteiger partial charge in [-0.2, -0.15) is 0 Å². The van der Waals surface area contributed by atoms with Gasteiger partial charge in [-0.3, -0.25) is 4.79 Å². The van der Waals surface area contributed by atoms with Crippen molar-refractivity contribution in [3.8, 4) is 0 Å². The van der Waals surface area contributed by atoms with Crippen LogP contribution in [0.3, 0.4) is 0 Å². The summed E-state index contributed by atoms with van der Waals surface area (Å²) in [6.45, 7) is -0.0813. The Hall–Kier alpha value is -1.38. The monoisotopic (exact) mass is 420 g/mol. The van der Waals surface area contributed by atoms with Crippen LogP contribution in [0.5, 0.6) is 0 Å². The van der Waals surface area contributed by atoms with E-state index in [1.165, 1.54) is 37.5 Å². The molecule has 4 N–H and O–H groups in total. The van der Waals surface area contributed by atoms with E-state index in [9.17, 15) is 9.18 Å². The highest BCUT2D eigenvalue weighted by Gasteiger charge is 2.13. The molecular weight excluding hydrogens is 398 g/mol. The van der Waals surface area contributed by atoms with Crippen molar-refractivity contribution in [3.05, 3.63) is 30.1 Å². The molecule has 22 heavy (non-hydrogen) atoms. The molecule has 0 saturated heterocycles. The van der Waals surface area contributed by atoms with Crippen LogP contribution in [0.1, 0.15) is 32.1 Å². The fourth-order valence-corrected chi connectivity index (χ4v) is 2.43. The van der Waals surface area contributed by atoms with Gasteiger partial charge in [-0.1, -0.05) is 25.3 Å². The van der Waals surface area contributed by atoms with Crippen molar-refractivity contribution >= 4 is 41.5 Å². The maximum atomic E-state index is 13.0. The van der Waals surface area contributed by atoms with Gasteiger partial charge in [-0.15, -0.1) is 24.0 Å². The third-order valence-corrected chi connectivity index (χ3v) is 3.46. The minimum Gasteiger partial charge on any atom is -0.370 e. The molecule has 1 aliphatic carbocycles. The van der Waals surface area contributed by atoms with Gasteiger partial charge in [0, 0.05) is 11.7 Å². The Morgan fingerprint density at radius 2 is 2.05 bits per heavy atom. The van der Waals surface area contributed by atoms with E-state index in [2.05, 4.69) is 15.6 Å². The Balaban J connectivity index is 0.00000242. The van der Waals surface area contributed by atoms with Crippen molar-refractivity contribution in [1.29, 1.82) is 0 Å². The molecule has 1 amide bonds. The second-order valence-corrected chi connectivity index (χ2v) is 5.24. The van der Waals surface area contributed by atoms with Gasteiger partial charge in [0.1, 0.15) is 12.4 Å². The number of aliphatic imine (C=N–C) groups is 1. The summed E-state index contributed by atoms with van der Waals surface area (Å²) in [5.74, 6) is -0.430. The van der Waals surface area contributed by atoms with Crippen LogP contribution < -0.4 is 16.4 Å². The van der Waals surface area contributed by atoms with Gasteiger partial charge in [0.2, 0.25) is 5.91 Å². The number of halogens is 2. The number of guanidine groups is 1. The lowest BCUT2D eigenvalue weighted by Gasteiger charge is -2.23. The zero-order chi connectivity index (χ0) is 15.1. The summed E-state index contributed by atoms with van der Waals surface area (Å²) in [6, 6.07) is 6.08. The maximum absolute atomic E-state index is 13.0. The van der Waals surface area contributed by atoms with Gasteiger partial charge in [-0.25, -0.2) is 9.38 Å². The van der Waals surface area contributed by atoms with Gasteiger partial charge >= 0.3 is 0 Å². The summed E-state index contributed by atoms with van der Waals surface area (Å²) in [5.41, 5.74) is 6.18. The number of anilines is 1. The Labute approximate surface area is 147 Å². The molecule has 0 unspecified atom stereocenters. The van der Waals surface area contributed by atoms with Crippen molar-refractivity contribution in [3.63, 3.8) is 0 Å². The number of nitrogens with two attached hydrogens (primary N) is 1. The van der Waals surface area contributed by atoms with E-state index in [0.717, 1.165) is 12.8 Å². The average molecular weight is 420 g/mol. The molecule has 5 nitrogen and oxygen atoms in total. The summed E-state index contributed by atoms with van der Waals surface area (Å²) in [4.78, 5) is 15.7. The SMILES string of the molecule is I.NC(=NCC(=O)Nc1cccc(F)c1)NC1CCCCC1. The predicted octanol–water partition coefficient (Wildman–Crippen LogP) is 2.62. The first-order chi connectivity index (χ1) is 10.1. The number of benzene rings is 1. The second kappa shape index (κ2) is 9.60. The molecule has 0 radical (unpaired) electrons. The van der Waals surface area contributed by atoms with E-state index in [1.807, 2.05) is 0 Å². The smallest absolute Gasteiger partial charge is 0.246 e. The molecule has 7 heteroatoms. The fourth-order valence-electron chi connectivity index (χ4n) is 2.43. The number of nitrogens with zero attached hydrogens (tertiary/aromatic N) is 1. The molecule has 1 fully saturated rings. The summed E-state index contributed by atoms with van der Waals surface area (Å²) in [5, 5.41) is 5.71. The van der Waals surface area contributed by atoms with Gasteiger partial charge in [0.25, 0.3) is 0 Å². The highest BCUT2D eigenvalue weighted by atomic mass is 127. The molecule has 1 aromatic carbocycles. The Bertz CT molecular complexity index is 518. The number of carbonyl (C=O) groups excluding carboxylic acids is 1. The highest BCUT2D eigenvalue weighted by Crippen LogP contribution is 2.17. The largest absolute Gasteiger partial charge is 0.370 e. The Morgan fingerprint density at radius 3 is 2.73 bits per heavy atom. The maximum Gasteiger partial charge on any atom is 0.246 e. The minimum atomic E-state index is -0.394. The zero-order valence-electron chi connectivity index (χ0n) is 12.3. The molecule has 0 aliphatic heterocycles. The Morgan fingerprint density at radius 1 is 1.32 bits per heavy atom. The second-order valence-electron chi connectivity index (χ2n) is 5.24. The molecule has 0 atom stereocenters. The molecule has 0 bridgehead atoms. The van der Waals surface area contributed by atoms with Crippen molar-refractivity contribution in [2.75, 3.05) is 11.9 Å². The number of nitrogens with one attached hydrogen (secondary N) is 2. The number of rotatable bonds is 4. The normalized spacial score (nSPS) is 15.8. The molecular formula is C15H22FIN4O. The van der Waals surface area contributed by atoms with Gasteiger partial charge in [0.15, 0.2) is 5.96 Å². The predicted molar refractivity (Wildman–Crippen MR) is 96.9 cm³/mol. The molecule has 0 aromatic heterocycles. The minimum absolute atomic E-state index is 0. The molecule has 1 aliphatic rings. The summed E-state index contributed by atoms with van der Waals surface area (Å²) >= 11 is 0. The van der Waals surface area contributed by atoms with E-state index in [4.69, 9.17) is 5.73 Å². The molecule has 1 aromatic rings. The number of hydrogen-bond donors (Lipinski definition) is 3. The van der Waals surface area contributed by atoms with Crippen LogP contribution in [-0.2, 0) is 4.79 Å². The van der Waals surface area contributed by atoms with Gasteiger partial charge < -0.3 is 16.4 Å². The van der Waals surface area contributed by atoms with Crippen LogP contribution in [0, 0.1) is 5.82 Å². The molecule has 0 heterocycles. The first-order valence-electron chi connectivity index (χ1n) is 7.25. The Kier molecular flexibility index (Phi) is 8.15. The van der Waals surface area contributed by atoms with Crippen LogP contribution in [-0.4, -0.2) is 24.5 Å². The van der Waals surface area contributed by atoms with E-state index in [0.29, 0.717) is 11.7 Å². The summed E-state index contributed by atoms with van der Waals surface area (Å²) in [7, 11) is 0. The lowest BCUT2D eigenvalue weighted by atomic mass is 9.96. The molecule has 122 valence electrons. The van der Waals surface area contributed by atoms with Crippen LogP contribution in [0.2, 0.25) is 0 Å². The van der Waals surface area contributed by atoms with Crippen molar-refractivity contribution in [2.24, 2.45) is 10.7 Å². The van der Waals surface area contributed by atoms with Crippen molar-refractivity contribution in [1.82, 2.24) is 5.32 Å². The van der Waals surface area contributed by atoms with Crippen LogP contribution in [0.25, 0.3) is 0 Å². The molecule has 1 saturated carbocycles. The quantitative estimate of drug-likeness (QED) is 0.398. The number of amides is 1. The van der Waals surface area contributed by atoms with Crippen LogP contribution in [0.4, 0.5) is 10.1 Å². The van der Waals surface area contributed by atoms with Crippen LogP contribution >= 0.6 is 24.0 Å². The number of hydrogen-bond acceptors (Lipinski definition) is 2. The van der Waals surface area contributed by atoms with Crippen molar-refractivity contribution < 1.29 is 9.18 Å². The van der Waals surface area contributed by atoms with Gasteiger partial charge in [-0.05, 0) is 31.0 Å². The lowest BCUT2D eigenvalue weighted by molar-refractivity contribution is -0.114. The first-order valence-corrected chi connectivity index (χ1v) is 7.25. The summed E-state index contributed by atoms with van der Waals surface area (Å²) in [6.07, 6.45) is 5.85. The van der Waals surface area contributed by atoms with E-state index in [-0.39, 0.29) is 42.4 Å². The highest BCUT2D eigenvalue weighted by molar-refractivity contribution is 14.0. The van der Waals surface area contributed by atoms with Crippen LogP contribution in [0.15, 0.2) is 29.3 Å². The van der Waals surface area contributed by atoms with E-state index >= 15 is 0 Å². The van der Waals surface area contributed by atoms with Crippen molar-refractivity contribution in [2.45, 2.75) is 38.1 Å². The van der Waals surface area contributed by atoms with E-state index in [1.54, 1.807) is 6.07 Å². The summed E-state index contributed by atoms with van der Waals surface area (Å²) < 4.78 is 13.0. The fraction of sp³-hybridized carbons (Fsp3) is 0.467. The van der Waals surface area contributed by atoms with Gasteiger partial charge in [0.05, 0.1) is 0 Å². The molecule has 0 spiro atoms. The number of carbonyl (C=O) groups is 1. The van der Waals surface area contributed by atoms with E-state index < -0.39 is 5.82 Å². The first kappa shape index (κ1) is 18.7. The topological polar surface area (TPSA) is 79.5 Å².